The minimum atomic E-state index is -4.81. The predicted molar refractivity (Wildman–Crippen MR) is 124 cm³/mol. The molecule has 5 nitrogen and oxygen atoms in total. The molecule has 3 aromatic rings. The first-order valence-electron chi connectivity index (χ1n) is 10.8. The van der Waals surface area contributed by atoms with Gasteiger partial charge in [-0.15, -0.1) is 13.2 Å². The minimum absolute atomic E-state index is 0.111. The molecule has 34 heavy (non-hydrogen) atoms. The zero-order chi connectivity index (χ0) is 24.3. The van der Waals surface area contributed by atoms with Crippen LogP contribution in [0.25, 0.3) is 11.1 Å². The van der Waals surface area contributed by atoms with Crippen LogP contribution < -0.4 is 10.1 Å². The number of aromatic nitrogens is 1. The van der Waals surface area contributed by atoms with Crippen molar-refractivity contribution in [1.29, 1.82) is 0 Å². The Morgan fingerprint density at radius 3 is 2.44 bits per heavy atom. The lowest BCUT2D eigenvalue weighted by Gasteiger charge is -2.15. The Balaban J connectivity index is 1.40. The highest BCUT2D eigenvalue weighted by Crippen LogP contribution is 2.35. The van der Waals surface area contributed by atoms with Crippen LogP contribution in [0, 0.1) is 12.8 Å². The van der Waals surface area contributed by atoms with E-state index in [0.717, 1.165) is 23.3 Å². The molecular weight excluding hydrogens is 465 g/mol. The molecule has 0 radical (unpaired) electrons. The fraction of sp³-hybridized carbons (Fsp3) is 0.280. The van der Waals surface area contributed by atoms with Crippen molar-refractivity contribution in [3.05, 3.63) is 71.9 Å². The van der Waals surface area contributed by atoms with Crippen LogP contribution in [0.5, 0.6) is 5.75 Å². The van der Waals surface area contributed by atoms with E-state index in [1.165, 1.54) is 24.3 Å². The summed E-state index contributed by atoms with van der Waals surface area (Å²) in [7, 11) is 0. The monoisotopic (exact) mass is 488 g/mol. The second-order valence-electron chi connectivity index (χ2n) is 8.20. The Labute approximate surface area is 198 Å². The van der Waals surface area contributed by atoms with Gasteiger partial charge >= 0.3 is 6.36 Å². The van der Waals surface area contributed by atoms with Crippen molar-refractivity contribution < 1.29 is 27.3 Å². The van der Waals surface area contributed by atoms with E-state index in [1.807, 2.05) is 0 Å². The van der Waals surface area contributed by atoms with E-state index in [0.29, 0.717) is 28.7 Å². The molecule has 1 amide bonds. The Kier molecular flexibility index (Phi) is 7.13. The Hall–Kier alpha value is -3.04. The minimum Gasteiger partial charge on any atom is -0.611 e. The largest absolute Gasteiger partial charge is 0.611 e. The third-order valence-electron chi connectivity index (χ3n) is 5.39. The summed E-state index contributed by atoms with van der Waals surface area (Å²) < 4.78 is 54.6. The number of alkyl halides is 3. The number of para-hydroxylation sites is 1. The molecule has 1 heterocycles. The first kappa shape index (κ1) is 24.1. The van der Waals surface area contributed by atoms with Gasteiger partial charge in [0.2, 0.25) is 5.91 Å². The van der Waals surface area contributed by atoms with Crippen molar-refractivity contribution in [1.82, 2.24) is 4.98 Å². The molecular formula is C25H23F3N2O3S. The van der Waals surface area contributed by atoms with Gasteiger partial charge in [0.05, 0.1) is 6.42 Å². The fourth-order valence-corrected chi connectivity index (χ4v) is 4.94. The molecule has 0 bridgehead atoms. The molecule has 1 unspecified atom stereocenters. The number of rotatable bonds is 8. The van der Waals surface area contributed by atoms with Gasteiger partial charge in [0.15, 0.2) is 4.90 Å². The summed E-state index contributed by atoms with van der Waals surface area (Å²) in [5.74, 6) is 0.945. The molecule has 4 rings (SSSR count). The van der Waals surface area contributed by atoms with E-state index in [1.54, 1.807) is 43.3 Å². The van der Waals surface area contributed by atoms with Crippen molar-refractivity contribution in [2.24, 2.45) is 5.92 Å². The Morgan fingerprint density at radius 2 is 1.79 bits per heavy atom. The number of nitrogens with zero attached hydrogens (tertiary/aromatic N) is 1. The Bertz CT molecular complexity index is 1160. The van der Waals surface area contributed by atoms with Crippen molar-refractivity contribution in [3.63, 3.8) is 0 Å². The van der Waals surface area contributed by atoms with Gasteiger partial charge in [-0.25, -0.2) is 4.98 Å². The molecule has 2 aromatic carbocycles. The number of benzene rings is 2. The molecule has 0 aliphatic heterocycles. The lowest BCUT2D eigenvalue weighted by atomic mass is 10.0. The fourth-order valence-electron chi connectivity index (χ4n) is 3.54. The first-order valence-corrected chi connectivity index (χ1v) is 12.1. The number of pyridine rings is 1. The number of hydrogen-bond donors (Lipinski definition) is 1. The number of aryl methyl sites for hydroxylation is 1. The average Bonchev–Trinajstić information content (AvgIpc) is 3.58. The normalized spacial score (nSPS) is 14.5. The highest BCUT2D eigenvalue weighted by Gasteiger charge is 2.32. The van der Waals surface area contributed by atoms with Crippen molar-refractivity contribution in [2.75, 3.05) is 11.1 Å². The summed E-state index contributed by atoms with van der Waals surface area (Å²) in [5.41, 5.74) is 1.93. The highest BCUT2D eigenvalue weighted by atomic mass is 32.2. The van der Waals surface area contributed by atoms with Crippen LogP contribution in [0.1, 0.15) is 24.1 Å². The molecule has 0 saturated heterocycles. The van der Waals surface area contributed by atoms with Crippen LogP contribution in [0.2, 0.25) is 0 Å². The molecule has 9 heteroatoms. The topological polar surface area (TPSA) is 74.3 Å². The zero-order valence-corrected chi connectivity index (χ0v) is 19.2. The number of amides is 1. The van der Waals surface area contributed by atoms with Gasteiger partial charge in [0.25, 0.3) is 0 Å². The van der Waals surface area contributed by atoms with E-state index < -0.39 is 17.5 Å². The summed E-state index contributed by atoms with van der Waals surface area (Å²) in [6.07, 6.45) is -2.41. The summed E-state index contributed by atoms with van der Waals surface area (Å²) in [4.78, 5) is 17.6. The van der Waals surface area contributed by atoms with E-state index >= 15 is 0 Å². The molecule has 0 spiro atoms. The number of ether oxygens (including phenoxy) is 1. The van der Waals surface area contributed by atoms with Gasteiger partial charge in [0.1, 0.15) is 17.3 Å². The second kappa shape index (κ2) is 10.1. The number of halogens is 3. The summed E-state index contributed by atoms with van der Waals surface area (Å²) in [5, 5.41) is 2.71. The first-order chi connectivity index (χ1) is 16.2. The molecule has 1 saturated carbocycles. The van der Waals surface area contributed by atoms with E-state index in [2.05, 4.69) is 15.0 Å². The van der Waals surface area contributed by atoms with Gasteiger partial charge in [-0.3, -0.25) is 4.79 Å². The average molecular weight is 489 g/mol. The smallest absolute Gasteiger partial charge is 0.573 e. The maximum atomic E-state index is 12.7. The molecule has 1 aliphatic carbocycles. The summed E-state index contributed by atoms with van der Waals surface area (Å²) >= 11 is -1.01. The highest BCUT2D eigenvalue weighted by molar-refractivity contribution is 7.91. The SMILES string of the molecule is Cc1nc(NC(=O)Cc2ccc([S+]([O-])CC3CC3)cc2)ccc1-c1ccccc1OC(F)(F)F. The van der Waals surface area contributed by atoms with Gasteiger partial charge < -0.3 is 14.6 Å². The second-order valence-corrected chi connectivity index (χ2v) is 9.69. The van der Waals surface area contributed by atoms with Crippen LogP contribution in [0.4, 0.5) is 19.0 Å². The maximum absolute atomic E-state index is 12.7. The van der Waals surface area contributed by atoms with Crippen molar-refractivity contribution in [2.45, 2.75) is 37.4 Å². The molecule has 1 fully saturated rings. The van der Waals surface area contributed by atoms with Crippen LogP contribution in [0.15, 0.2) is 65.6 Å². The number of carbonyl (C=O) groups excluding carboxylic acids is 1. The van der Waals surface area contributed by atoms with Gasteiger partial charge in [-0.05, 0) is 66.8 Å². The van der Waals surface area contributed by atoms with Crippen molar-refractivity contribution in [3.8, 4) is 16.9 Å². The lowest BCUT2D eigenvalue weighted by Crippen LogP contribution is -2.18. The molecule has 1 aromatic heterocycles. The van der Waals surface area contributed by atoms with E-state index in [-0.39, 0.29) is 23.6 Å². The summed E-state index contributed by atoms with van der Waals surface area (Å²) in [6.45, 7) is 1.65. The zero-order valence-electron chi connectivity index (χ0n) is 18.4. The third-order valence-corrected chi connectivity index (χ3v) is 6.96. The number of carbonyl (C=O) groups is 1. The van der Waals surface area contributed by atoms with E-state index in [9.17, 15) is 22.5 Å². The molecule has 178 valence electrons. The third kappa shape index (κ3) is 6.51. The predicted octanol–water partition coefficient (Wildman–Crippen LogP) is 5.65. The number of hydrogen-bond acceptors (Lipinski definition) is 4. The standard InChI is InChI=1S/C25H23F3N2O3S/c1-16-20(21-4-2-3-5-22(21)33-25(26,27)28)12-13-23(29-16)30-24(31)14-17-8-10-19(11-9-17)34(32)15-18-6-7-18/h2-5,8-13,18H,6-7,14-15H2,1H3,(H,29,30,31). The number of anilines is 1. The van der Waals surface area contributed by atoms with Crippen LogP contribution >= 0.6 is 0 Å². The molecule has 1 aliphatic rings. The Morgan fingerprint density at radius 1 is 1.09 bits per heavy atom. The van der Waals surface area contributed by atoms with Crippen LogP contribution in [-0.2, 0) is 22.4 Å². The summed E-state index contributed by atoms with van der Waals surface area (Å²) in [6, 6.07) is 16.1. The lowest BCUT2D eigenvalue weighted by molar-refractivity contribution is -0.274. The maximum Gasteiger partial charge on any atom is 0.573 e. The molecule has 1 N–H and O–H groups in total. The van der Waals surface area contributed by atoms with Crippen molar-refractivity contribution >= 4 is 22.9 Å². The van der Waals surface area contributed by atoms with Crippen LogP contribution in [-0.4, -0.2) is 27.6 Å². The van der Waals surface area contributed by atoms with Crippen LogP contribution in [0.3, 0.4) is 0 Å². The number of nitrogens with one attached hydrogen (secondary N) is 1. The van der Waals surface area contributed by atoms with Gasteiger partial charge in [0, 0.05) is 22.7 Å². The van der Waals surface area contributed by atoms with Gasteiger partial charge in [-0.1, -0.05) is 30.3 Å². The van der Waals surface area contributed by atoms with Gasteiger partial charge in [-0.2, -0.15) is 0 Å². The quantitative estimate of drug-likeness (QED) is 0.416. The van der Waals surface area contributed by atoms with E-state index in [4.69, 9.17) is 0 Å². The molecule has 1 atom stereocenters.